The van der Waals surface area contributed by atoms with E-state index in [9.17, 15) is 0 Å². The summed E-state index contributed by atoms with van der Waals surface area (Å²) in [4.78, 5) is 8.53. The van der Waals surface area contributed by atoms with E-state index in [1.54, 1.807) is 10.8 Å². The minimum atomic E-state index is 0.381. The largest absolute Gasteiger partial charge is 0.369 e. The lowest BCUT2D eigenvalue weighted by Crippen LogP contribution is -2.01. The molecule has 3 aromatic rings. The molecule has 0 spiro atoms. The van der Waals surface area contributed by atoms with Crippen molar-refractivity contribution in [3.63, 3.8) is 0 Å². The predicted octanol–water partition coefficient (Wildman–Crippen LogP) is 2.66. The Labute approximate surface area is 103 Å². The maximum Gasteiger partial charge on any atom is 0.207 e. The molecular formula is C12H9ClN4. The van der Waals surface area contributed by atoms with Crippen molar-refractivity contribution in [3.05, 3.63) is 47.6 Å². The number of hydrogen-bond acceptors (Lipinski definition) is 3. The normalized spacial score (nSPS) is 10.9. The zero-order valence-electron chi connectivity index (χ0n) is 8.84. The Balaban J connectivity index is 2.38. The van der Waals surface area contributed by atoms with Crippen LogP contribution in [0.25, 0.3) is 16.9 Å². The van der Waals surface area contributed by atoms with E-state index < -0.39 is 0 Å². The number of nitrogen functional groups attached to an aromatic ring is 1. The highest BCUT2D eigenvalue weighted by atomic mass is 35.5. The average molecular weight is 245 g/mol. The molecular weight excluding hydrogens is 236 g/mol. The van der Waals surface area contributed by atoms with E-state index in [0.717, 1.165) is 11.2 Å². The quantitative estimate of drug-likeness (QED) is 0.716. The molecule has 0 aliphatic rings. The number of anilines is 1. The molecule has 0 aliphatic carbocycles. The van der Waals surface area contributed by atoms with E-state index in [2.05, 4.69) is 9.97 Å². The molecule has 2 N–H and O–H groups in total. The van der Waals surface area contributed by atoms with E-state index in [4.69, 9.17) is 17.3 Å². The molecule has 5 heteroatoms. The van der Waals surface area contributed by atoms with Crippen molar-refractivity contribution in [1.29, 1.82) is 0 Å². The molecule has 0 fully saturated rings. The van der Waals surface area contributed by atoms with Crippen LogP contribution in [0, 0.1) is 0 Å². The number of nitrogens with zero attached hydrogens (tertiary/aromatic N) is 3. The second-order valence-electron chi connectivity index (χ2n) is 3.60. The summed E-state index contributed by atoms with van der Waals surface area (Å²) < 4.78 is 1.75. The van der Waals surface area contributed by atoms with Crippen LogP contribution in [0.15, 0.2) is 42.6 Å². The number of aromatic nitrogens is 3. The van der Waals surface area contributed by atoms with Gasteiger partial charge in [0.15, 0.2) is 5.65 Å². The highest BCUT2D eigenvalue weighted by Crippen LogP contribution is 2.26. The second-order valence-corrected chi connectivity index (χ2v) is 4.01. The highest BCUT2D eigenvalue weighted by Gasteiger charge is 2.12. The van der Waals surface area contributed by atoms with E-state index in [-0.39, 0.29) is 0 Å². The SMILES string of the molecule is Nc1nc2cccnc2n1-c1ccccc1Cl. The van der Waals surface area contributed by atoms with Crippen molar-refractivity contribution in [3.8, 4) is 5.69 Å². The van der Waals surface area contributed by atoms with Gasteiger partial charge in [-0.2, -0.15) is 0 Å². The molecule has 1 aromatic carbocycles. The second kappa shape index (κ2) is 3.75. The van der Waals surface area contributed by atoms with Crippen molar-refractivity contribution in [2.75, 3.05) is 5.73 Å². The molecule has 0 bridgehead atoms. The minimum absolute atomic E-state index is 0.381. The van der Waals surface area contributed by atoms with Gasteiger partial charge in [-0.15, -0.1) is 0 Å². The van der Waals surface area contributed by atoms with Crippen LogP contribution in [0.4, 0.5) is 5.95 Å². The molecule has 3 rings (SSSR count). The molecule has 0 aliphatic heterocycles. The monoisotopic (exact) mass is 244 g/mol. The molecule has 0 unspecified atom stereocenters. The maximum absolute atomic E-state index is 6.16. The van der Waals surface area contributed by atoms with E-state index in [1.165, 1.54) is 0 Å². The van der Waals surface area contributed by atoms with Crippen LogP contribution in [0.5, 0.6) is 0 Å². The zero-order valence-corrected chi connectivity index (χ0v) is 9.59. The van der Waals surface area contributed by atoms with Crippen molar-refractivity contribution >= 4 is 28.7 Å². The summed E-state index contributed by atoms with van der Waals surface area (Å²) in [6.45, 7) is 0. The molecule has 0 amide bonds. The molecule has 0 atom stereocenters. The smallest absolute Gasteiger partial charge is 0.207 e. The van der Waals surface area contributed by atoms with Gasteiger partial charge in [0.2, 0.25) is 5.95 Å². The number of halogens is 1. The third-order valence-electron chi connectivity index (χ3n) is 2.54. The van der Waals surface area contributed by atoms with Gasteiger partial charge in [0.1, 0.15) is 5.52 Å². The number of hydrogen-bond donors (Lipinski definition) is 1. The Bertz CT molecular complexity index is 690. The van der Waals surface area contributed by atoms with Gasteiger partial charge in [-0.3, -0.25) is 4.57 Å². The standard InChI is InChI=1S/C12H9ClN4/c13-8-4-1-2-6-10(8)17-11-9(16-12(17)14)5-3-7-15-11/h1-7H,(H2,14,16). The van der Waals surface area contributed by atoms with Crippen molar-refractivity contribution < 1.29 is 0 Å². The summed E-state index contributed by atoms with van der Waals surface area (Å²) in [6, 6.07) is 11.2. The van der Waals surface area contributed by atoms with Gasteiger partial charge in [0.05, 0.1) is 10.7 Å². The molecule has 4 nitrogen and oxygen atoms in total. The number of nitrogens with two attached hydrogens (primary N) is 1. The van der Waals surface area contributed by atoms with E-state index in [0.29, 0.717) is 16.6 Å². The first-order valence-corrected chi connectivity index (χ1v) is 5.49. The molecule has 0 radical (unpaired) electrons. The van der Waals surface area contributed by atoms with Crippen LogP contribution in [-0.2, 0) is 0 Å². The fourth-order valence-corrected chi connectivity index (χ4v) is 2.02. The van der Waals surface area contributed by atoms with Crippen LogP contribution in [0.1, 0.15) is 0 Å². The number of para-hydroxylation sites is 1. The number of pyridine rings is 1. The summed E-state index contributed by atoms with van der Waals surface area (Å²) in [5.41, 5.74) is 8.15. The van der Waals surface area contributed by atoms with Gasteiger partial charge in [-0.1, -0.05) is 23.7 Å². The third-order valence-corrected chi connectivity index (χ3v) is 2.85. The number of imidazole rings is 1. The first-order valence-electron chi connectivity index (χ1n) is 5.11. The van der Waals surface area contributed by atoms with Crippen LogP contribution < -0.4 is 5.73 Å². The van der Waals surface area contributed by atoms with Gasteiger partial charge >= 0.3 is 0 Å². The van der Waals surface area contributed by atoms with Crippen LogP contribution in [0.2, 0.25) is 5.02 Å². The first kappa shape index (κ1) is 10.1. The Morgan fingerprint density at radius 1 is 1.12 bits per heavy atom. The molecule has 2 heterocycles. The first-order chi connectivity index (χ1) is 8.27. The third kappa shape index (κ3) is 1.54. The molecule has 0 saturated heterocycles. The van der Waals surface area contributed by atoms with Crippen molar-refractivity contribution in [2.45, 2.75) is 0 Å². The topological polar surface area (TPSA) is 56.7 Å². The van der Waals surface area contributed by atoms with Crippen LogP contribution >= 0.6 is 11.6 Å². The lowest BCUT2D eigenvalue weighted by molar-refractivity contribution is 1.08. The maximum atomic E-state index is 6.16. The van der Waals surface area contributed by atoms with E-state index in [1.807, 2.05) is 36.4 Å². The van der Waals surface area contributed by atoms with Crippen molar-refractivity contribution in [1.82, 2.24) is 14.5 Å². The van der Waals surface area contributed by atoms with E-state index >= 15 is 0 Å². The average Bonchev–Trinajstić information content (AvgIpc) is 2.66. The van der Waals surface area contributed by atoms with Gasteiger partial charge in [0.25, 0.3) is 0 Å². The zero-order chi connectivity index (χ0) is 11.8. The summed E-state index contributed by atoms with van der Waals surface area (Å²) in [6.07, 6.45) is 1.71. The summed E-state index contributed by atoms with van der Waals surface area (Å²) in [5, 5.41) is 0.615. The Morgan fingerprint density at radius 3 is 2.76 bits per heavy atom. The highest BCUT2D eigenvalue weighted by molar-refractivity contribution is 6.32. The lowest BCUT2D eigenvalue weighted by atomic mass is 10.3. The minimum Gasteiger partial charge on any atom is -0.369 e. The lowest BCUT2D eigenvalue weighted by Gasteiger charge is -2.07. The summed E-state index contributed by atoms with van der Waals surface area (Å²) >= 11 is 6.16. The van der Waals surface area contributed by atoms with Crippen LogP contribution in [0.3, 0.4) is 0 Å². The molecule has 84 valence electrons. The summed E-state index contributed by atoms with van der Waals surface area (Å²) in [7, 11) is 0. The van der Waals surface area contributed by atoms with Gasteiger partial charge < -0.3 is 5.73 Å². The number of rotatable bonds is 1. The van der Waals surface area contributed by atoms with Gasteiger partial charge in [-0.05, 0) is 24.3 Å². The molecule has 0 saturated carbocycles. The number of benzene rings is 1. The fraction of sp³-hybridized carbons (Fsp3) is 0. The van der Waals surface area contributed by atoms with Gasteiger partial charge in [-0.25, -0.2) is 9.97 Å². The Kier molecular flexibility index (Phi) is 2.23. The Hall–Kier alpha value is -2.07. The van der Waals surface area contributed by atoms with Crippen LogP contribution in [-0.4, -0.2) is 14.5 Å². The predicted molar refractivity (Wildman–Crippen MR) is 68.3 cm³/mol. The summed E-state index contributed by atoms with van der Waals surface area (Å²) in [5.74, 6) is 0.381. The van der Waals surface area contributed by atoms with Crippen molar-refractivity contribution in [2.24, 2.45) is 0 Å². The molecule has 17 heavy (non-hydrogen) atoms. The number of fused-ring (bicyclic) bond motifs is 1. The Morgan fingerprint density at radius 2 is 1.94 bits per heavy atom. The fourth-order valence-electron chi connectivity index (χ4n) is 1.80. The molecule has 2 aromatic heterocycles. The van der Waals surface area contributed by atoms with Gasteiger partial charge in [0, 0.05) is 6.20 Å².